The van der Waals surface area contributed by atoms with Crippen LogP contribution in [0.5, 0.6) is 11.5 Å². The van der Waals surface area contributed by atoms with E-state index in [4.69, 9.17) is 25.8 Å². The van der Waals surface area contributed by atoms with E-state index in [2.05, 4.69) is 4.90 Å². The number of likely N-dealkylation sites (N-methyl/N-ethyl adjacent to an activating group) is 1. The lowest BCUT2D eigenvalue weighted by Crippen LogP contribution is -2.59. The highest BCUT2D eigenvalue weighted by Crippen LogP contribution is 2.29. The highest BCUT2D eigenvalue weighted by atomic mass is 35.5. The molecule has 2 aliphatic heterocycles. The van der Waals surface area contributed by atoms with Crippen molar-refractivity contribution in [3.05, 3.63) is 59.1 Å². The average molecular weight is 502 g/mol. The van der Waals surface area contributed by atoms with Crippen molar-refractivity contribution in [2.24, 2.45) is 0 Å². The van der Waals surface area contributed by atoms with Gasteiger partial charge in [-0.2, -0.15) is 0 Å². The summed E-state index contributed by atoms with van der Waals surface area (Å²) in [6, 6.07) is 14.2. The molecule has 0 saturated carbocycles. The summed E-state index contributed by atoms with van der Waals surface area (Å²) in [6.45, 7) is 4.06. The van der Waals surface area contributed by atoms with E-state index in [9.17, 15) is 9.59 Å². The number of rotatable bonds is 7. The first-order chi connectivity index (χ1) is 16.9. The Morgan fingerprint density at radius 2 is 1.80 bits per heavy atom. The van der Waals surface area contributed by atoms with Crippen LogP contribution in [-0.4, -0.2) is 98.8 Å². The van der Waals surface area contributed by atoms with Crippen molar-refractivity contribution in [1.82, 2.24) is 14.7 Å². The number of para-hydroxylation sites is 1. The zero-order valence-corrected chi connectivity index (χ0v) is 21.0. The van der Waals surface area contributed by atoms with Gasteiger partial charge in [-0.05, 0) is 37.4 Å². The fourth-order valence-corrected chi connectivity index (χ4v) is 4.65. The first-order valence-corrected chi connectivity index (χ1v) is 12.2. The van der Waals surface area contributed by atoms with E-state index in [0.717, 1.165) is 13.1 Å². The highest BCUT2D eigenvalue weighted by Gasteiger charge is 2.43. The van der Waals surface area contributed by atoms with Crippen molar-refractivity contribution in [2.45, 2.75) is 12.0 Å². The second-order valence-electron chi connectivity index (χ2n) is 9.07. The second kappa shape index (κ2) is 11.3. The molecule has 2 aromatic carbocycles. The molecule has 2 heterocycles. The molecule has 0 spiro atoms. The van der Waals surface area contributed by atoms with Crippen LogP contribution in [0.4, 0.5) is 0 Å². The van der Waals surface area contributed by atoms with Gasteiger partial charge in [-0.1, -0.05) is 29.8 Å². The standard InChI is InChI=1S/C26H32ClN3O5/c1-28-10-12-29(13-11-28)24(31)17-26(19-34-21-7-5-6-20(27)16-21)18-30(14-15-35-26)25(32)22-8-3-4-9-23(22)33-2/h3-9,16H,10-15,17-19H2,1-2H3. The topological polar surface area (TPSA) is 71.5 Å². The van der Waals surface area contributed by atoms with Crippen molar-refractivity contribution in [1.29, 1.82) is 0 Å². The quantitative estimate of drug-likeness (QED) is 0.581. The number of ether oxygens (including phenoxy) is 3. The van der Waals surface area contributed by atoms with Crippen LogP contribution in [0.3, 0.4) is 0 Å². The fourth-order valence-electron chi connectivity index (χ4n) is 4.47. The number of benzene rings is 2. The van der Waals surface area contributed by atoms with Gasteiger partial charge in [-0.25, -0.2) is 0 Å². The molecule has 0 bridgehead atoms. The number of hydrogen-bond donors (Lipinski definition) is 0. The molecule has 4 rings (SSSR count). The van der Waals surface area contributed by atoms with Gasteiger partial charge < -0.3 is 28.9 Å². The Hall–Kier alpha value is -2.81. The number of piperazine rings is 1. The molecule has 9 heteroatoms. The fraction of sp³-hybridized carbons (Fsp3) is 0.462. The van der Waals surface area contributed by atoms with Crippen molar-refractivity contribution < 1.29 is 23.8 Å². The molecule has 0 radical (unpaired) electrons. The van der Waals surface area contributed by atoms with Crippen LogP contribution in [0, 0.1) is 0 Å². The monoisotopic (exact) mass is 501 g/mol. The van der Waals surface area contributed by atoms with Crippen LogP contribution in [0.1, 0.15) is 16.8 Å². The summed E-state index contributed by atoms with van der Waals surface area (Å²) >= 11 is 6.12. The smallest absolute Gasteiger partial charge is 0.257 e. The number of hydrogen-bond acceptors (Lipinski definition) is 6. The maximum Gasteiger partial charge on any atom is 0.257 e. The molecular formula is C26H32ClN3O5. The molecule has 2 aromatic rings. The predicted octanol–water partition coefficient (Wildman–Crippen LogP) is 2.80. The number of amides is 2. The molecule has 2 aliphatic rings. The number of halogens is 1. The molecule has 8 nitrogen and oxygen atoms in total. The van der Waals surface area contributed by atoms with E-state index in [-0.39, 0.29) is 31.4 Å². The Labute approximate surface area is 211 Å². The van der Waals surface area contributed by atoms with Gasteiger partial charge >= 0.3 is 0 Å². The van der Waals surface area contributed by atoms with Gasteiger partial charge in [-0.15, -0.1) is 0 Å². The third-order valence-corrected chi connectivity index (χ3v) is 6.74. The summed E-state index contributed by atoms with van der Waals surface area (Å²) in [7, 11) is 3.59. The van der Waals surface area contributed by atoms with Gasteiger partial charge in [0.05, 0.1) is 32.2 Å². The first kappa shape index (κ1) is 25.3. The third kappa shape index (κ3) is 6.25. The first-order valence-electron chi connectivity index (χ1n) is 11.8. The Balaban J connectivity index is 1.55. The number of nitrogens with zero attached hydrogens (tertiary/aromatic N) is 3. The number of methoxy groups -OCH3 is 1. The van der Waals surface area contributed by atoms with E-state index >= 15 is 0 Å². The molecular weight excluding hydrogens is 470 g/mol. The summed E-state index contributed by atoms with van der Waals surface area (Å²) in [5.41, 5.74) is -0.509. The van der Waals surface area contributed by atoms with E-state index in [0.29, 0.717) is 48.3 Å². The molecule has 1 atom stereocenters. The lowest BCUT2D eigenvalue weighted by atomic mass is 9.96. The average Bonchev–Trinajstić information content (AvgIpc) is 2.87. The van der Waals surface area contributed by atoms with E-state index in [1.54, 1.807) is 42.3 Å². The summed E-state index contributed by atoms with van der Waals surface area (Å²) in [4.78, 5) is 32.5. The van der Waals surface area contributed by atoms with E-state index in [1.807, 2.05) is 30.1 Å². The minimum Gasteiger partial charge on any atom is -0.496 e. The Bertz CT molecular complexity index is 1040. The lowest BCUT2D eigenvalue weighted by molar-refractivity contribution is -0.154. The van der Waals surface area contributed by atoms with Crippen LogP contribution in [0.2, 0.25) is 5.02 Å². The van der Waals surface area contributed by atoms with E-state index < -0.39 is 5.60 Å². The Kier molecular flexibility index (Phi) is 8.15. The SMILES string of the molecule is COc1ccccc1C(=O)N1CCOC(COc2cccc(Cl)c2)(CC(=O)N2CCN(C)CC2)C1. The summed E-state index contributed by atoms with van der Waals surface area (Å²) < 4.78 is 17.7. The van der Waals surface area contributed by atoms with Crippen molar-refractivity contribution in [3.63, 3.8) is 0 Å². The van der Waals surface area contributed by atoms with Gasteiger partial charge in [0.25, 0.3) is 5.91 Å². The normalized spacial score (nSPS) is 21.0. The minimum absolute atomic E-state index is 0.000570. The molecule has 188 valence electrons. The van der Waals surface area contributed by atoms with Gasteiger partial charge in [0, 0.05) is 37.7 Å². The largest absolute Gasteiger partial charge is 0.496 e. The Morgan fingerprint density at radius 1 is 1.03 bits per heavy atom. The lowest BCUT2D eigenvalue weighted by Gasteiger charge is -2.43. The Morgan fingerprint density at radius 3 is 2.54 bits per heavy atom. The van der Waals surface area contributed by atoms with Gasteiger partial charge in [0.15, 0.2) is 0 Å². The highest BCUT2D eigenvalue weighted by molar-refractivity contribution is 6.30. The molecule has 0 aliphatic carbocycles. The molecule has 35 heavy (non-hydrogen) atoms. The molecule has 0 aromatic heterocycles. The molecule has 2 fully saturated rings. The molecule has 2 saturated heterocycles. The zero-order valence-electron chi connectivity index (χ0n) is 20.2. The van der Waals surface area contributed by atoms with Gasteiger partial charge in [0.1, 0.15) is 23.7 Å². The molecule has 1 unspecified atom stereocenters. The summed E-state index contributed by atoms with van der Waals surface area (Å²) in [6.07, 6.45) is 0.118. The zero-order chi connectivity index (χ0) is 24.8. The predicted molar refractivity (Wildman–Crippen MR) is 133 cm³/mol. The van der Waals surface area contributed by atoms with Crippen LogP contribution in [0.25, 0.3) is 0 Å². The van der Waals surface area contributed by atoms with E-state index in [1.165, 1.54) is 0 Å². The van der Waals surface area contributed by atoms with Crippen LogP contribution in [0.15, 0.2) is 48.5 Å². The van der Waals surface area contributed by atoms with Crippen molar-refractivity contribution in [3.8, 4) is 11.5 Å². The van der Waals surface area contributed by atoms with Crippen molar-refractivity contribution >= 4 is 23.4 Å². The molecule has 2 amide bonds. The van der Waals surface area contributed by atoms with Crippen molar-refractivity contribution in [2.75, 3.05) is 66.6 Å². The minimum atomic E-state index is -0.987. The van der Waals surface area contributed by atoms with Gasteiger partial charge in [-0.3, -0.25) is 9.59 Å². The maximum absolute atomic E-state index is 13.4. The molecule has 0 N–H and O–H groups in total. The summed E-state index contributed by atoms with van der Waals surface area (Å²) in [5, 5.41) is 0.558. The second-order valence-corrected chi connectivity index (χ2v) is 9.50. The van der Waals surface area contributed by atoms with Gasteiger partial charge in [0.2, 0.25) is 5.91 Å². The maximum atomic E-state index is 13.4. The van der Waals surface area contributed by atoms with Crippen LogP contribution in [-0.2, 0) is 9.53 Å². The van der Waals surface area contributed by atoms with Crippen LogP contribution >= 0.6 is 11.6 Å². The summed E-state index contributed by atoms with van der Waals surface area (Å²) in [5.74, 6) is 0.934. The number of morpholine rings is 1. The number of carbonyl (C=O) groups is 2. The third-order valence-electron chi connectivity index (χ3n) is 6.50. The van der Waals surface area contributed by atoms with Crippen LogP contribution < -0.4 is 9.47 Å². The number of carbonyl (C=O) groups excluding carboxylic acids is 2.